The number of rotatable bonds is 6. The van der Waals surface area contributed by atoms with Crippen molar-refractivity contribution in [1.29, 1.82) is 5.26 Å². The summed E-state index contributed by atoms with van der Waals surface area (Å²) in [6.07, 6.45) is -0.195. The maximum atomic E-state index is 9.29. The van der Waals surface area contributed by atoms with Gasteiger partial charge in [0.2, 0.25) is 0 Å². The first-order valence-corrected chi connectivity index (χ1v) is 16.4. The standard InChI is InChI=1S/C45H32N4/c1-49-44(36-12-4-2-5-13-36)47-43(48-45(49)37-14-6-3-7-15-37)35-25-23-34(24-26-35)41-28-27-33-11-8-9-18-40(33)42(41)39-17-10-16-38(29-39)32-21-19-31(30-46)20-22-32/h2-29,44H,1H3. The van der Waals surface area contributed by atoms with Crippen LogP contribution in [0.25, 0.3) is 44.2 Å². The van der Waals surface area contributed by atoms with E-state index < -0.39 is 0 Å². The molecule has 8 rings (SSSR count). The topological polar surface area (TPSA) is 51.8 Å². The minimum atomic E-state index is -0.195. The number of aliphatic imine (C=N–C) groups is 2. The third-order valence-corrected chi connectivity index (χ3v) is 9.17. The van der Waals surface area contributed by atoms with Crippen LogP contribution in [-0.2, 0) is 0 Å². The fourth-order valence-electron chi connectivity index (χ4n) is 6.66. The molecule has 1 atom stereocenters. The van der Waals surface area contributed by atoms with Gasteiger partial charge in [0.25, 0.3) is 0 Å². The highest BCUT2D eigenvalue weighted by atomic mass is 15.3. The van der Waals surface area contributed by atoms with Gasteiger partial charge >= 0.3 is 0 Å². The lowest BCUT2D eigenvalue weighted by molar-refractivity contribution is 0.383. The number of hydrogen-bond acceptors (Lipinski definition) is 4. The third-order valence-electron chi connectivity index (χ3n) is 9.17. The van der Waals surface area contributed by atoms with Gasteiger partial charge in [-0.1, -0.05) is 152 Å². The lowest BCUT2D eigenvalue weighted by atomic mass is 9.88. The van der Waals surface area contributed by atoms with Crippen LogP contribution in [0.1, 0.15) is 28.4 Å². The van der Waals surface area contributed by atoms with E-state index in [1.54, 1.807) is 0 Å². The second-order valence-electron chi connectivity index (χ2n) is 12.2. The third kappa shape index (κ3) is 5.79. The lowest BCUT2D eigenvalue weighted by Gasteiger charge is -2.32. The van der Waals surface area contributed by atoms with Gasteiger partial charge in [0, 0.05) is 18.2 Å². The Morgan fingerprint density at radius 1 is 0.551 bits per heavy atom. The summed E-state index contributed by atoms with van der Waals surface area (Å²) in [6, 6.07) is 61.0. The Kier molecular flexibility index (Phi) is 7.85. The van der Waals surface area contributed by atoms with E-state index >= 15 is 0 Å². The van der Waals surface area contributed by atoms with Gasteiger partial charge in [0.15, 0.2) is 5.84 Å². The minimum absolute atomic E-state index is 0.195. The summed E-state index contributed by atoms with van der Waals surface area (Å²) >= 11 is 0. The Labute approximate surface area is 286 Å². The molecule has 1 aliphatic rings. The van der Waals surface area contributed by atoms with Crippen molar-refractivity contribution in [3.05, 3.63) is 192 Å². The molecule has 0 radical (unpaired) electrons. The summed E-state index contributed by atoms with van der Waals surface area (Å²) in [5.74, 6) is 1.61. The number of fused-ring (bicyclic) bond motifs is 1. The molecule has 0 aliphatic carbocycles. The van der Waals surface area contributed by atoms with E-state index in [4.69, 9.17) is 9.98 Å². The van der Waals surface area contributed by atoms with Gasteiger partial charge in [0.1, 0.15) is 12.0 Å². The van der Waals surface area contributed by atoms with E-state index in [1.807, 2.05) is 48.5 Å². The molecule has 0 saturated heterocycles. The summed E-state index contributed by atoms with van der Waals surface area (Å²) in [6.45, 7) is 0. The molecule has 0 bridgehead atoms. The number of nitrogens with zero attached hydrogens (tertiary/aromatic N) is 4. The lowest BCUT2D eigenvalue weighted by Crippen LogP contribution is -2.35. The van der Waals surface area contributed by atoms with Crippen LogP contribution in [0.4, 0.5) is 0 Å². The van der Waals surface area contributed by atoms with Crippen LogP contribution in [0.5, 0.6) is 0 Å². The molecule has 0 N–H and O–H groups in total. The molecule has 1 aliphatic heterocycles. The van der Waals surface area contributed by atoms with Crippen molar-refractivity contribution in [2.45, 2.75) is 6.17 Å². The van der Waals surface area contributed by atoms with Crippen LogP contribution in [0.2, 0.25) is 0 Å². The van der Waals surface area contributed by atoms with Crippen LogP contribution in [0.15, 0.2) is 180 Å². The summed E-state index contributed by atoms with van der Waals surface area (Å²) in [4.78, 5) is 12.4. The van der Waals surface area contributed by atoms with Crippen molar-refractivity contribution in [2.24, 2.45) is 9.98 Å². The van der Waals surface area contributed by atoms with Crippen LogP contribution in [0.3, 0.4) is 0 Å². The zero-order valence-electron chi connectivity index (χ0n) is 27.0. The van der Waals surface area contributed by atoms with Crippen molar-refractivity contribution in [2.75, 3.05) is 7.05 Å². The Morgan fingerprint density at radius 3 is 1.94 bits per heavy atom. The van der Waals surface area contributed by atoms with Gasteiger partial charge < -0.3 is 4.90 Å². The van der Waals surface area contributed by atoms with Crippen molar-refractivity contribution >= 4 is 22.4 Å². The van der Waals surface area contributed by atoms with Crippen LogP contribution in [0, 0.1) is 11.3 Å². The van der Waals surface area contributed by atoms with E-state index in [1.165, 1.54) is 16.3 Å². The molecular formula is C45H32N4. The van der Waals surface area contributed by atoms with E-state index in [2.05, 4.69) is 139 Å². The molecule has 0 saturated carbocycles. The first kappa shape index (κ1) is 29.8. The molecule has 232 valence electrons. The SMILES string of the molecule is CN1C(c2ccccc2)=NC(c2ccc(-c3ccc4ccccc4c3-c3cccc(-c4ccc(C#N)cc4)c3)cc2)=NC1c1ccccc1. The smallest absolute Gasteiger partial charge is 0.159 e. The maximum absolute atomic E-state index is 9.29. The molecule has 0 aromatic heterocycles. The molecule has 7 aromatic carbocycles. The molecule has 4 nitrogen and oxygen atoms in total. The molecule has 0 amide bonds. The second-order valence-corrected chi connectivity index (χ2v) is 12.2. The molecule has 49 heavy (non-hydrogen) atoms. The van der Waals surface area contributed by atoms with Crippen LogP contribution in [-0.4, -0.2) is 23.6 Å². The molecule has 1 heterocycles. The molecule has 4 heteroatoms. The van der Waals surface area contributed by atoms with Crippen molar-refractivity contribution in [3.8, 4) is 39.4 Å². The van der Waals surface area contributed by atoms with E-state index in [9.17, 15) is 5.26 Å². The predicted molar refractivity (Wildman–Crippen MR) is 201 cm³/mol. The maximum Gasteiger partial charge on any atom is 0.159 e. The highest BCUT2D eigenvalue weighted by Gasteiger charge is 2.26. The predicted octanol–water partition coefficient (Wildman–Crippen LogP) is 10.6. The quantitative estimate of drug-likeness (QED) is 0.184. The fourth-order valence-corrected chi connectivity index (χ4v) is 6.66. The molecule has 0 fully saturated rings. The highest BCUT2D eigenvalue weighted by molar-refractivity contribution is 6.13. The zero-order chi connectivity index (χ0) is 33.2. The highest BCUT2D eigenvalue weighted by Crippen LogP contribution is 2.40. The number of nitriles is 1. The first-order chi connectivity index (χ1) is 24.2. The molecule has 0 spiro atoms. The Balaban J connectivity index is 1.22. The van der Waals surface area contributed by atoms with Gasteiger partial charge in [-0.15, -0.1) is 0 Å². The van der Waals surface area contributed by atoms with E-state index in [0.29, 0.717) is 11.4 Å². The minimum Gasteiger partial charge on any atom is -0.333 e. The van der Waals surface area contributed by atoms with Gasteiger partial charge in [-0.25, -0.2) is 9.98 Å². The Morgan fingerprint density at radius 2 is 1.18 bits per heavy atom. The number of amidine groups is 2. The zero-order valence-corrected chi connectivity index (χ0v) is 27.0. The summed E-state index contributed by atoms with van der Waals surface area (Å²) in [7, 11) is 2.06. The largest absolute Gasteiger partial charge is 0.333 e. The van der Waals surface area contributed by atoms with Gasteiger partial charge in [-0.05, 0) is 67.9 Å². The van der Waals surface area contributed by atoms with Crippen molar-refractivity contribution in [1.82, 2.24) is 4.90 Å². The summed E-state index contributed by atoms with van der Waals surface area (Å²) in [5.41, 5.74) is 10.6. The molecule has 7 aromatic rings. The van der Waals surface area contributed by atoms with Gasteiger partial charge in [-0.3, -0.25) is 0 Å². The fraction of sp³-hybridized carbons (Fsp3) is 0.0444. The first-order valence-electron chi connectivity index (χ1n) is 16.4. The Bertz CT molecular complexity index is 2390. The second kappa shape index (κ2) is 12.9. The number of hydrogen-bond donors (Lipinski definition) is 0. The monoisotopic (exact) mass is 628 g/mol. The average Bonchev–Trinajstić information content (AvgIpc) is 3.18. The van der Waals surface area contributed by atoms with E-state index in [0.717, 1.165) is 50.3 Å². The average molecular weight is 629 g/mol. The van der Waals surface area contributed by atoms with Crippen LogP contribution < -0.4 is 0 Å². The Hall–Kier alpha value is -6.57. The van der Waals surface area contributed by atoms with Crippen molar-refractivity contribution < 1.29 is 0 Å². The van der Waals surface area contributed by atoms with Gasteiger partial charge in [-0.2, -0.15) is 5.26 Å². The van der Waals surface area contributed by atoms with E-state index in [-0.39, 0.29) is 6.17 Å². The molecule has 1 unspecified atom stereocenters. The van der Waals surface area contributed by atoms with Crippen molar-refractivity contribution in [3.63, 3.8) is 0 Å². The summed E-state index contributed by atoms with van der Waals surface area (Å²) in [5, 5.41) is 11.7. The molecular weight excluding hydrogens is 597 g/mol. The van der Waals surface area contributed by atoms with Crippen LogP contribution >= 0.6 is 0 Å². The summed E-state index contributed by atoms with van der Waals surface area (Å²) < 4.78 is 0. The number of benzene rings is 7. The normalized spacial score (nSPS) is 14.2. The van der Waals surface area contributed by atoms with Gasteiger partial charge in [0.05, 0.1) is 11.6 Å².